The maximum absolute atomic E-state index is 10.6. The lowest BCUT2D eigenvalue weighted by molar-refractivity contribution is -0.135. The van der Waals surface area contributed by atoms with E-state index >= 15 is 0 Å². The van der Waals surface area contributed by atoms with Crippen molar-refractivity contribution in [3.05, 3.63) is 11.6 Å². The van der Waals surface area contributed by atoms with E-state index in [0.29, 0.717) is 11.9 Å². The average molecular weight is 156 g/mol. The molecule has 0 aliphatic rings. The maximum Gasteiger partial charge on any atom is 0.330 e. The zero-order valence-corrected chi connectivity index (χ0v) is 6.96. The molecule has 0 rings (SSSR count). The Morgan fingerprint density at radius 1 is 1.45 bits per heavy atom. The summed E-state index contributed by atoms with van der Waals surface area (Å²) < 4.78 is 4.36. The van der Waals surface area contributed by atoms with Crippen molar-refractivity contribution in [1.82, 2.24) is 0 Å². The standard InChI is InChI=1S/C8H12O3/c1-6(2)7(5-9)4-8(10)11-3/h4-6H,1-3H3/b7-4-. The lowest BCUT2D eigenvalue weighted by atomic mass is 10.1. The summed E-state index contributed by atoms with van der Waals surface area (Å²) in [6, 6.07) is 0. The molecule has 0 atom stereocenters. The van der Waals surface area contributed by atoms with Gasteiger partial charge in [-0.15, -0.1) is 0 Å². The van der Waals surface area contributed by atoms with Gasteiger partial charge >= 0.3 is 5.97 Å². The Morgan fingerprint density at radius 2 is 2.00 bits per heavy atom. The van der Waals surface area contributed by atoms with Crippen LogP contribution in [0.2, 0.25) is 0 Å². The molecule has 0 saturated heterocycles. The number of methoxy groups -OCH3 is 1. The molecule has 0 heterocycles. The van der Waals surface area contributed by atoms with E-state index in [1.165, 1.54) is 13.2 Å². The van der Waals surface area contributed by atoms with Crippen LogP contribution < -0.4 is 0 Å². The van der Waals surface area contributed by atoms with Crippen molar-refractivity contribution in [3.63, 3.8) is 0 Å². The molecule has 0 aliphatic carbocycles. The number of hydrogen-bond acceptors (Lipinski definition) is 3. The van der Waals surface area contributed by atoms with Crippen LogP contribution in [0.5, 0.6) is 0 Å². The molecule has 0 aromatic rings. The van der Waals surface area contributed by atoms with Crippen LogP contribution in [0.3, 0.4) is 0 Å². The zero-order valence-electron chi connectivity index (χ0n) is 6.96. The van der Waals surface area contributed by atoms with Crippen molar-refractivity contribution < 1.29 is 14.3 Å². The van der Waals surface area contributed by atoms with Gasteiger partial charge in [0.1, 0.15) is 6.29 Å². The van der Waals surface area contributed by atoms with E-state index in [-0.39, 0.29) is 5.92 Å². The molecule has 0 fully saturated rings. The highest BCUT2D eigenvalue weighted by Gasteiger charge is 2.04. The largest absolute Gasteiger partial charge is 0.466 e. The van der Waals surface area contributed by atoms with E-state index in [9.17, 15) is 9.59 Å². The van der Waals surface area contributed by atoms with Crippen molar-refractivity contribution >= 4 is 12.3 Å². The third-order valence-corrected chi connectivity index (χ3v) is 1.29. The molecule has 0 unspecified atom stereocenters. The predicted molar refractivity (Wildman–Crippen MR) is 41.0 cm³/mol. The molecule has 3 heteroatoms. The van der Waals surface area contributed by atoms with Gasteiger partial charge in [-0.2, -0.15) is 0 Å². The third-order valence-electron chi connectivity index (χ3n) is 1.29. The number of rotatable bonds is 3. The summed E-state index contributed by atoms with van der Waals surface area (Å²) >= 11 is 0. The van der Waals surface area contributed by atoms with Gasteiger partial charge in [0, 0.05) is 11.6 Å². The topological polar surface area (TPSA) is 43.4 Å². The van der Waals surface area contributed by atoms with Crippen LogP contribution in [0.1, 0.15) is 13.8 Å². The normalized spacial score (nSPS) is 11.5. The first-order valence-electron chi connectivity index (χ1n) is 3.36. The molecule has 0 bridgehead atoms. The van der Waals surface area contributed by atoms with Crippen LogP contribution >= 0.6 is 0 Å². The van der Waals surface area contributed by atoms with E-state index in [0.717, 1.165) is 0 Å². The van der Waals surface area contributed by atoms with Crippen molar-refractivity contribution in [2.75, 3.05) is 7.11 Å². The highest BCUT2D eigenvalue weighted by molar-refractivity contribution is 5.89. The average Bonchev–Trinajstić information content (AvgIpc) is 1.99. The van der Waals surface area contributed by atoms with Crippen LogP contribution in [0.4, 0.5) is 0 Å². The first-order valence-corrected chi connectivity index (χ1v) is 3.36. The van der Waals surface area contributed by atoms with Gasteiger partial charge in [0.15, 0.2) is 0 Å². The van der Waals surface area contributed by atoms with Gasteiger partial charge in [0.05, 0.1) is 7.11 Å². The van der Waals surface area contributed by atoms with E-state index in [1.807, 2.05) is 13.8 Å². The highest BCUT2D eigenvalue weighted by Crippen LogP contribution is 2.05. The fourth-order valence-corrected chi connectivity index (χ4v) is 0.532. The highest BCUT2D eigenvalue weighted by atomic mass is 16.5. The second kappa shape index (κ2) is 4.66. The smallest absolute Gasteiger partial charge is 0.330 e. The Balaban J connectivity index is 4.35. The van der Waals surface area contributed by atoms with Crippen molar-refractivity contribution in [2.45, 2.75) is 13.8 Å². The lowest BCUT2D eigenvalue weighted by Crippen LogP contribution is -2.02. The second-order valence-electron chi connectivity index (χ2n) is 2.44. The SMILES string of the molecule is COC(=O)/C=C(/C=O)C(C)C. The fraction of sp³-hybridized carbons (Fsp3) is 0.500. The van der Waals surface area contributed by atoms with Gasteiger partial charge in [0.25, 0.3) is 0 Å². The first kappa shape index (κ1) is 9.88. The number of allylic oxidation sites excluding steroid dienone is 1. The Kier molecular flexibility index (Phi) is 4.18. The molecular formula is C8H12O3. The van der Waals surface area contributed by atoms with E-state index < -0.39 is 5.97 Å². The third kappa shape index (κ3) is 3.55. The van der Waals surface area contributed by atoms with Crippen molar-refractivity contribution in [3.8, 4) is 0 Å². The molecule has 0 radical (unpaired) electrons. The maximum atomic E-state index is 10.6. The molecule has 0 spiro atoms. The van der Waals surface area contributed by atoms with Crippen molar-refractivity contribution in [1.29, 1.82) is 0 Å². The Bertz CT molecular complexity index is 180. The zero-order chi connectivity index (χ0) is 8.85. The number of ether oxygens (including phenoxy) is 1. The molecule has 0 saturated carbocycles. The minimum Gasteiger partial charge on any atom is -0.466 e. The number of hydrogen-bond donors (Lipinski definition) is 0. The first-order chi connectivity index (χ1) is 5.11. The number of carbonyl (C=O) groups is 2. The minimum atomic E-state index is -0.485. The van der Waals surface area contributed by atoms with Gasteiger partial charge in [-0.25, -0.2) is 4.79 Å². The number of esters is 1. The minimum absolute atomic E-state index is 0.0617. The van der Waals surface area contributed by atoms with Gasteiger partial charge < -0.3 is 4.74 Å². The fourth-order valence-electron chi connectivity index (χ4n) is 0.532. The molecule has 0 aromatic carbocycles. The van der Waals surface area contributed by atoms with Gasteiger partial charge in [-0.3, -0.25) is 4.79 Å². The van der Waals surface area contributed by atoms with E-state index in [2.05, 4.69) is 4.74 Å². The van der Waals surface area contributed by atoms with Crippen molar-refractivity contribution in [2.24, 2.45) is 5.92 Å². The molecule has 0 aliphatic heterocycles. The number of carbonyl (C=O) groups excluding carboxylic acids is 2. The molecule has 0 aromatic heterocycles. The summed E-state index contributed by atoms with van der Waals surface area (Å²) in [4.78, 5) is 20.9. The summed E-state index contributed by atoms with van der Waals surface area (Å²) in [5.74, 6) is -0.424. The van der Waals surface area contributed by atoms with Crippen LogP contribution in [-0.4, -0.2) is 19.4 Å². The van der Waals surface area contributed by atoms with Crippen LogP contribution in [0, 0.1) is 5.92 Å². The Morgan fingerprint density at radius 3 is 2.27 bits per heavy atom. The Hall–Kier alpha value is -1.12. The second-order valence-corrected chi connectivity index (χ2v) is 2.44. The van der Waals surface area contributed by atoms with Crippen LogP contribution in [0.25, 0.3) is 0 Å². The van der Waals surface area contributed by atoms with Gasteiger partial charge in [0.2, 0.25) is 0 Å². The van der Waals surface area contributed by atoms with Gasteiger partial charge in [-0.05, 0) is 5.92 Å². The quantitative estimate of drug-likeness (QED) is 0.347. The van der Waals surface area contributed by atoms with E-state index in [1.54, 1.807) is 0 Å². The van der Waals surface area contributed by atoms with E-state index in [4.69, 9.17) is 0 Å². The molecule has 0 N–H and O–H groups in total. The Labute approximate surface area is 66.0 Å². The van der Waals surface area contributed by atoms with Crippen LogP contribution in [0.15, 0.2) is 11.6 Å². The molecular weight excluding hydrogens is 144 g/mol. The summed E-state index contributed by atoms with van der Waals surface area (Å²) in [6.07, 6.45) is 1.87. The monoisotopic (exact) mass is 156 g/mol. The molecule has 11 heavy (non-hydrogen) atoms. The summed E-state index contributed by atoms with van der Waals surface area (Å²) in [7, 11) is 1.28. The summed E-state index contributed by atoms with van der Waals surface area (Å²) in [6.45, 7) is 3.67. The lowest BCUT2D eigenvalue weighted by Gasteiger charge is -2.01. The number of aldehydes is 1. The molecule has 62 valence electrons. The molecule has 0 amide bonds. The van der Waals surface area contributed by atoms with Gasteiger partial charge in [-0.1, -0.05) is 13.8 Å². The summed E-state index contributed by atoms with van der Waals surface area (Å²) in [5, 5.41) is 0. The predicted octanol–water partition coefficient (Wildman–Crippen LogP) is 0.941. The summed E-state index contributed by atoms with van der Waals surface area (Å²) in [5.41, 5.74) is 0.455. The van der Waals surface area contributed by atoms with Crippen LogP contribution in [-0.2, 0) is 14.3 Å². The molecule has 3 nitrogen and oxygen atoms in total.